The third-order valence-electron chi connectivity index (χ3n) is 4.57. The predicted molar refractivity (Wildman–Crippen MR) is 94.2 cm³/mol. The highest BCUT2D eigenvalue weighted by Gasteiger charge is 2.21. The third kappa shape index (κ3) is 4.07. The first-order valence-electron chi connectivity index (χ1n) is 8.57. The van der Waals surface area contributed by atoms with E-state index in [1.165, 1.54) is 0 Å². The summed E-state index contributed by atoms with van der Waals surface area (Å²) in [6, 6.07) is 1.67. The fourth-order valence-corrected chi connectivity index (χ4v) is 3.13. The Kier molecular flexibility index (Phi) is 5.16. The van der Waals surface area contributed by atoms with Gasteiger partial charge in [-0.05, 0) is 32.8 Å². The number of aryl methyl sites for hydroxylation is 2. The summed E-state index contributed by atoms with van der Waals surface area (Å²) in [5.41, 5.74) is 7.64. The number of hydrogen-bond donors (Lipinski definition) is 1. The van der Waals surface area contributed by atoms with E-state index in [4.69, 9.17) is 10.3 Å². The Morgan fingerprint density at radius 2 is 2.12 bits per heavy atom. The van der Waals surface area contributed by atoms with E-state index >= 15 is 0 Å². The van der Waals surface area contributed by atoms with Crippen LogP contribution in [-0.4, -0.2) is 52.1 Å². The lowest BCUT2D eigenvalue weighted by Crippen LogP contribution is -2.35. The predicted octanol–water partition coefficient (Wildman–Crippen LogP) is 1.34. The normalized spacial score (nSPS) is 15.3. The minimum absolute atomic E-state index is 0.162. The molecule has 2 aromatic heterocycles. The summed E-state index contributed by atoms with van der Waals surface area (Å²) in [4.78, 5) is 25.1. The molecule has 0 radical (unpaired) electrons. The largest absolute Gasteiger partial charge is 0.384 e. The third-order valence-corrected chi connectivity index (χ3v) is 4.57. The van der Waals surface area contributed by atoms with Crippen molar-refractivity contribution in [3.05, 3.63) is 29.3 Å². The minimum Gasteiger partial charge on any atom is -0.384 e. The van der Waals surface area contributed by atoms with Crippen molar-refractivity contribution in [1.82, 2.24) is 20.0 Å². The molecule has 2 aromatic rings. The highest BCUT2D eigenvalue weighted by molar-refractivity contribution is 5.76. The molecular weight excluding hydrogens is 320 g/mol. The Balaban J connectivity index is 1.56. The van der Waals surface area contributed by atoms with Crippen LogP contribution in [0.5, 0.6) is 0 Å². The number of carbonyl (C=O) groups excluding carboxylic acids is 1. The number of anilines is 2. The molecule has 8 nitrogen and oxygen atoms in total. The molecule has 0 bridgehead atoms. The summed E-state index contributed by atoms with van der Waals surface area (Å²) in [7, 11) is 0. The first-order valence-corrected chi connectivity index (χ1v) is 8.57. The fraction of sp³-hybridized carbons (Fsp3) is 0.529. The van der Waals surface area contributed by atoms with Crippen LogP contribution in [0.25, 0.3) is 0 Å². The standard InChI is InChI=1S/C17H24N6O2/c1-12-14(13(2)25-21-12)4-5-16(24)22-8-3-9-23(11-10-22)17-19-7-6-15(18)20-17/h6-7H,3-5,8-11H2,1-2H3,(H2,18,19,20). The molecule has 1 aliphatic rings. The lowest BCUT2D eigenvalue weighted by atomic mass is 10.1. The van der Waals surface area contributed by atoms with Crippen molar-refractivity contribution >= 4 is 17.7 Å². The molecule has 2 N–H and O–H groups in total. The van der Waals surface area contributed by atoms with Crippen LogP contribution in [0.1, 0.15) is 29.9 Å². The van der Waals surface area contributed by atoms with Gasteiger partial charge in [-0.1, -0.05) is 5.16 Å². The van der Waals surface area contributed by atoms with Crippen LogP contribution >= 0.6 is 0 Å². The zero-order chi connectivity index (χ0) is 17.8. The number of nitrogens with zero attached hydrogens (tertiary/aromatic N) is 5. The van der Waals surface area contributed by atoms with Crippen LogP contribution in [0.15, 0.2) is 16.8 Å². The van der Waals surface area contributed by atoms with Crippen molar-refractivity contribution in [2.45, 2.75) is 33.1 Å². The molecule has 3 rings (SSSR count). The zero-order valence-corrected chi connectivity index (χ0v) is 14.7. The summed E-state index contributed by atoms with van der Waals surface area (Å²) < 4.78 is 5.16. The number of hydrogen-bond acceptors (Lipinski definition) is 7. The summed E-state index contributed by atoms with van der Waals surface area (Å²) in [6.45, 7) is 6.73. The molecule has 134 valence electrons. The quantitative estimate of drug-likeness (QED) is 0.893. The number of nitrogens with two attached hydrogens (primary N) is 1. The van der Waals surface area contributed by atoms with Crippen molar-refractivity contribution in [2.24, 2.45) is 0 Å². The Morgan fingerprint density at radius 3 is 2.84 bits per heavy atom. The summed E-state index contributed by atoms with van der Waals surface area (Å²) >= 11 is 0. The molecule has 1 amide bonds. The number of nitrogen functional groups attached to an aromatic ring is 1. The second-order valence-corrected chi connectivity index (χ2v) is 6.31. The van der Waals surface area contributed by atoms with Gasteiger partial charge in [0.15, 0.2) is 0 Å². The first kappa shape index (κ1) is 17.2. The average molecular weight is 344 g/mol. The molecule has 1 saturated heterocycles. The van der Waals surface area contributed by atoms with E-state index in [1.807, 2.05) is 18.7 Å². The van der Waals surface area contributed by atoms with Gasteiger partial charge in [-0.3, -0.25) is 4.79 Å². The topological polar surface area (TPSA) is 101 Å². The monoisotopic (exact) mass is 344 g/mol. The molecular formula is C17H24N6O2. The summed E-state index contributed by atoms with van der Waals surface area (Å²) in [5, 5.41) is 3.94. The van der Waals surface area contributed by atoms with E-state index < -0.39 is 0 Å². The maximum atomic E-state index is 12.6. The molecule has 0 aromatic carbocycles. The van der Waals surface area contributed by atoms with Crippen molar-refractivity contribution < 1.29 is 9.32 Å². The van der Waals surface area contributed by atoms with Gasteiger partial charge in [-0.15, -0.1) is 0 Å². The molecule has 1 fully saturated rings. The maximum absolute atomic E-state index is 12.6. The van der Waals surface area contributed by atoms with Crippen LogP contribution in [0.2, 0.25) is 0 Å². The Morgan fingerprint density at radius 1 is 1.28 bits per heavy atom. The van der Waals surface area contributed by atoms with Crippen LogP contribution in [0, 0.1) is 13.8 Å². The fourth-order valence-electron chi connectivity index (χ4n) is 3.13. The lowest BCUT2D eigenvalue weighted by molar-refractivity contribution is -0.130. The van der Waals surface area contributed by atoms with Gasteiger partial charge in [0.1, 0.15) is 11.6 Å². The van der Waals surface area contributed by atoms with Gasteiger partial charge in [0.05, 0.1) is 5.69 Å². The molecule has 0 unspecified atom stereocenters. The number of aromatic nitrogens is 3. The number of rotatable bonds is 4. The average Bonchev–Trinajstić information content (AvgIpc) is 2.80. The molecule has 0 atom stereocenters. The van der Waals surface area contributed by atoms with E-state index in [0.29, 0.717) is 37.7 Å². The van der Waals surface area contributed by atoms with Gasteiger partial charge in [-0.2, -0.15) is 4.98 Å². The Hall–Kier alpha value is -2.64. The Labute approximate surface area is 147 Å². The van der Waals surface area contributed by atoms with Crippen LogP contribution in [0.3, 0.4) is 0 Å². The van der Waals surface area contributed by atoms with Crippen molar-refractivity contribution in [1.29, 1.82) is 0 Å². The van der Waals surface area contributed by atoms with Crippen LogP contribution in [0.4, 0.5) is 11.8 Å². The molecule has 1 aliphatic heterocycles. The van der Waals surface area contributed by atoms with E-state index in [0.717, 1.165) is 36.5 Å². The highest BCUT2D eigenvalue weighted by atomic mass is 16.5. The van der Waals surface area contributed by atoms with Crippen molar-refractivity contribution in [3.8, 4) is 0 Å². The maximum Gasteiger partial charge on any atom is 0.227 e. The molecule has 3 heterocycles. The van der Waals surface area contributed by atoms with Crippen LogP contribution in [-0.2, 0) is 11.2 Å². The van der Waals surface area contributed by atoms with Gasteiger partial charge in [0.2, 0.25) is 11.9 Å². The smallest absolute Gasteiger partial charge is 0.227 e. The van der Waals surface area contributed by atoms with Gasteiger partial charge in [-0.25, -0.2) is 4.98 Å². The van der Waals surface area contributed by atoms with E-state index in [9.17, 15) is 4.79 Å². The summed E-state index contributed by atoms with van der Waals surface area (Å²) in [5.74, 6) is 2.05. The first-order chi connectivity index (χ1) is 12.0. The lowest BCUT2D eigenvalue weighted by Gasteiger charge is -2.22. The summed E-state index contributed by atoms with van der Waals surface area (Å²) in [6.07, 6.45) is 3.68. The zero-order valence-electron chi connectivity index (χ0n) is 14.7. The van der Waals surface area contributed by atoms with Crippen molar-refractivity contribution in [3.63, 3.8) is 0 Å². The molecule has 0 saturated carbocycles. The van der Waals surface area contributed by atoms with Gasteiger partial charge in [0.25, 0.3) is 0 Å². The second kappa shape index (κ2) is 7.50. The van der Waals surface area contributed by atoms with E-state index in [-0.39, 0.29) is 5.91 Å². The second-order valence-electron chi connectivity index (χ2n) is 6.31. The Bertz CT molecular complexity index is 725. The van der Waals surface area contributed by atoms with Crippen LogP contribution < -0.4 is 10.6 Å². The molecule has 0 spiro atoms. The van der Waals surface area contributed by atoms with Crippen molar-refractivity contribution in [2.75, 3.05) is 36.8 Å². The van der Waals surface area contributed by atoms with E-state index in [1.54, 1.807) is 12.3 Å². The highest BCUT2D eigenvalue weighted by Crippen LogP contribution is 2.16. The number of carbonyl (C=O) groups is 1. The van der Waals surface area contributed by atoms with Gasteiger partial charge < -0.3 is 20.1 Å². The van der Waals surface area contributed by atoms with Gasteiger partial charge >= 0.3 is 0 Å². The minimum atomic E-state index is 0.162. The molecule has 25 heavy (non-hydrogen) atoms. The van der Waals surface area contributed by atoms with Gasteiger partial charge in [0, 0.05) is 44.4 Å². The van der Waals surface area contributed by atoms with E-state index in [2.05, 4.69) is 20.0 Å². The number of amides is 1. The SMILES string of the molecule is Cc1noc(C)c1CCC(=O)N1CCCN(c2nccc(N)n2)CC1. The molecule has 0 aliphatic carbocycles. The molecule has 8 heteroatoms.